The molecule has 1 aliphatic carbocycles. The smallest absolute Gasteiger partial charge is 0.346 e. The molecule has 43 heavy (non-hydrogen) atoms. The van der Waals surface area contributed by atoms with Crippen LogP contribution >= 0.6 is 0 Å². The molecule has 0 radical (unpaired) electrons. The van der Waals surface area contributed by atoms with E-state index in [9.17, 15) is 13.6 Å². The van der Waals surface area contributed by atoms with E-state index in [4.69, 9.17) is 9.47 Å². The van der Waals surface area contributed by atoms with Crippen molar-refractivity contribution in [3.63, 3.8) is 0 Å². The van der Waals surface area contributed by atoms with Gasteiger partial charge in [0, 0.05) is 0 Å². The lowest BCUT2D eigenvalue weighted by molar-refractivity contribution is 0.0728. The van der Waals surface area contributed by atoms with E-state index >= 15 is 0 Å². The average Bonchev–Trinajstić information content (AvgIpc) is 3.02. The molecule has 0 amide bonds. The molecule has 0 heterocycles. The summed E-state index contributed by atoms with van der Waals surface area (Å²) in [6, 6.07) is 9.89. The summed E-state index contributed by atoms with van der Waals surface area (Å²) in [5.74, 6) is -1.29. The van der Waals surface area contributed by atoms with Gasteiger partial charge in [-0.3, -0.25) is 0 Å². The van der Waals surface area contributed by atoms with Crippen molar-refractivity contribution in [2.24, 2.45) is 11.8 Å². The number of halogens is 2. The summed E-state index contributed by atoms with van der Waals surface area (Å²) in [4.78, 5) is 12.6. The summed E-state index contributed by atoms with van der Waals surface area (Å²) in [6.07, 6.45) is 25.0. The summed E-state index contributed by atoms with van der Waals surface area (Å²) in [6.45, 7) is 4.80. The van der Waals surface area contributed by atoms with Crippen molar-refractivity contribution >= 4 is 5.97 Å². The van der Waals surface area contributed by atoms with Crippen LogP contribution in [0, 0.1) is 23.5 Å². The average molecular weight is 599 g/mol. The van der Waals surface area contributed by atoms with Gasteiger partial charge in [0.25, 0.3) is 0 Å². The van der Waals surface area contributed by atoms with E-state index in [-0.39, 0.29) is 5.75 Å². The maximum Gasteiger partial charge on any atom is 0.346 e. The van der Waals surface area contributed by atoms with Gasteiger partial charge in [-0.05, 0) is 60.9 Å². The summed E-state index contributed by atoms with van der Waals surface area (Å²) in [7, 11) is 0. The van der Waals surface area contributed by atoms with E-state index in [1.807, 2.05) is 12.1 Å². The van der Waals surface area contributed by atoms with Crippen LogP contribution in [0.15, 0.2) is 36.4 Å². The van der Waals surface area contributed by atoms with Crippen molar-refractivity contribution in [1.82, 2.24) is 0 Å². The van der Waals surface area contributed by atoms with Crippen molar-refractivity contribution in [3.05, 3.63) is 59.2 Å². The Morgan fingerprint density at radius 2 is 1.23 bits per heavy atom. The van der Waals surface area contributed by atoms with Gasteiger partial charge in [0.15, 0.2) is 11.6 Å². The lowest BCUT2D eigenvalue weighted by atomic mass is 9.78. The number of rotatable bonds is 21. The maximum atomic E-state index is 14.7. The Morgan fingerprint density at radius 1 is 0.674 bits per heavy atom. The molecular weight excluding hydrogens is 542 g/mol. The molecule has 0 aliphatic heterocycles. The van der Waals surface area contributed by atoms with Gasteiger partial charge in [-0.1, -0.05) is 135 Å². The largest absolute Gasteiger partial charge is 0.490 e. The quantitative estimate of drug-likeness (QED) is 0.0814. The number of esters is 1. The molecule has 0 bridgehead atoms. The van der Waals surface area contributed by atoms with Gasteiger partial charge in [0.2, 0.25) is 5.82 Å². The monoisotopic (exact) mass is 598 g/mol. The molecule has 3 nitrogen and oxygen atoms in total. The molecule has 1 fully saturated rings. The van der Waals surface area contributed by atoms with E-state index in [2.05, 4.69) is 13.8 Å². The van der Waals surface area contributed by atoms with Gasteiger partial charge >= 0.3 is 5.97 Å². The lowest BCUT2D eigenvalue weighted by Crippen LogP contribution is -2.14. The van der Waals surface area contributed by atoms with Crippen LogP contribution in [-0.4, -0.2) is 12.6 Å². The van der Waals surface area contributed by atoms with Gasteiger partial charge in [-0.15, -0.1) is 0 Å². The minimum absolute atomic E-state index is 0.170. The van der Waals surface area contributed by atoms with Crippen LogP contribution < -0.4 is 9.47 Å². The standard InChI is InChI=1S/C38H56F2O3/c1-3-5-7-8-9-10-11-15-29-42-35-28-27-34(36(39)37(35)40)38(41)43-33-25-23-32(24-26-33)18-14-13-17-31-21-19-30(20-22-31)16-12-6-4-2/h23-28,30-31H,3-22,29H2,1-2H3. The zero-order valence-electron chi connectivity index (χ0n) is 26.9. The predicted octanol–water partition coefficient (Wildman–Crippen LogP) is 11.8. The molecule has 2 aromatic rings. The highest BCUT2D eigenvalue weighted by Crippen LogP contribution is 2.34. The molecule has 2 aromatic carbocycles. The van der Waals surface area contributed by atoms with Crippen LogP contribution in [0.4, 0.5) is 8.78 Å². The molecule has 3 rings (SSSR count). The Labute approximate surface area is 260 Å². The molecule has 0 N–H and O–H groups in total. The third-order valence-corrected chi connectivity index (χ3v) is 9.17. The zero-order chi connectivity index (χ0) is 30.7. The van der Waals surface area contributed by atoms with Crippen LogP contribution in [0.3, 0.4) is 0 Å². The van der Waals surface area contributed by atoms with Crippen LogP contribution in [-0.2, 0) is 6.42 Å². The molecule has 5 heteroatoms. The molecule has 1 saturated carbocycles. The third kappa shape index (κ3) is 13.0. The van der Waals surface area contributed by atoms with Crippen LogP contribution in [0.25, 0.3) is 0 Å². The molecule has 0 unspecified atom stereocenters. The Balaban J connectivity index is 1.33. The van der Waals surface area contributed by atoms with E-state index < -0.39 is 23.2 Å². The second kappa shape index (κ2) is 20.5. The molecule has 0 aromatic heterocycles. The van der Waals surface area contributed by atoms with Crippen molar-refractivity contribution < 1.29 is 23.0 Å². The van der Waals surface area contributed by atoms with Gasteiger partial charge in [0.05, 0.1) is 12.2 Å². The normalized spacial score (nSPS) is 16.7. The fourth-order valence-electron chi connectivity index (χ4n) is 6.36. The number of ether oxygens (including phenoxy) is 2. The number of aryl methyl sites for hydroxylation is 1. The number of carbonyl (C=O) groups excluding carboxylic acids is 1. The summed E-state index contributed by atoms with van der Waals surface area (Å²) in [5, 5.41) is 0. The van der Waals surface area contributed by atoms with Gasteiger partial charge < -0.3 is 9.47 Å². The highest BCUT2D eigenvalue weighted by atomic mass is 19.2. The van der Waals surface area contributed by atoms with Crippen LogP contribution in [0.5, 0.6) is 11.5 Å². The number of benzene rings is 2. The summed E-state index contributed by atoms with van der Waals surface area (Å²) >= 11 is 0. The molecule has 0 spiro atoms. The fourth-order valence-corrected chi connectivity index (χ4v) is 6.36. The van der Waals surface area contributed by atoms with Gasteiger partial charge in [0.1, 0.15) is 5.75 Å². The summed E-state index contributed by atoms with van der Waals surface area (Å²) < 4.78 is 40.1. The first-order chi connectivity index (χ1) is 21.0. The van der Waals surface area contributed by atoms with E-state index in [0.717, 1.165) is 43.9 Å². The van der Waals surface area contributed by atoms with Crippen molar-refractivity contribution in [2.75, 3.05) is 6.61 Å². The first-order valence-electron chi connectivity index (χ1n) is 17.4. The second-order valence-corrected chi connectivity index (χ2v) is 12.7. The zero-order valence-corrected chi connectivity index (χ0v) is 26.9. The fraction of sp³-hybridized carbons (Fsp3) is 0.658. The molecule has 0 atom stereocenters. The first-order valence-corrected chi connectivity index (χ1v) is 17.4. The second-order valence-electron chi connectivity index (χ2n) is 12.7. The summed E-state index contributed by atoms with van der Waals surface area (Å²) in [5.41, 5.74) is 0.755. The van der Waals surface area contributed by atoms with Crippen molar-refractivity contribution in [3.8, 4) is 11.5 Å². The number of carbonyl (C=O) groups is 1. The topological polar surface area (TPSA) is 35.5 Å². The van der Waals surface area contributed by atoms with Gasteiger partial charge in [-0.25, -0.2) is 9.18 Å². The van der Waals surface area contributed by atoms with Crippen molar-refractivity contribution in [2.45, 2.75) is 142 Å². The predicted molar refractivity (Wildman–Crippen MR) is 173 cm³/mol. The van der Waals surface area contributed by atoms with Gasteiger partial charge in [-0.2, -0.15) is 4.39 Å². The number of unbranched alkanes of at least 4 members (excludes halogenated alkanes) is 10. The van der Waals surface area contributed by atoms with E-state index in [1.54, 1.807) is 12.1 Å². The van der Waals surface area contributed by atoms with E-state index in [0.29, 0.717) is 12.4 Å². The number of hydrogen-bond donors (Lipinski definition) is 0. The Bertz CT molecular complexity index is 1040. The third-order valence-electron chi connectivity index (χ3n) is 9.17. The highest BCUT2D eigenvalue weighted by molar-refractivity contribution is 5.91. The molecule has 240 valence electrons. The number of hydrogen-bond acceptors (Lipinski definition) is 3. The molecule has 1 aliphatic rings. The highest BCUT2D eigenvalue weighted by Gasteiger charge is 2.22. The first kappa shape index (κ1) is 35.1. The maximum absolute atomic E-state index is 14.7. The Hall–Kier alpha value is -2.43. The minimum atomic E-state index is -1.24. The van der Waals surface area contributed by atoms with Crippen LogP contribution in [0.2, 0.25) is 0 Å². The lowest BCUT2D eigenvalue weighted by Gasteiger charge is -2.28. The Morgan fingerprint density at radius 3 is 1.86 bits per heavy atom. The molecule has 0 saturated heterocycles. The van der Waals surface area contributed by atoms with Crippen molar-refractivity contribution in [1.29, 1.82) is 0 Å². The minimum Gasteiger partial charge on any atom is -0.490 e. The SMILES string of the molecule is CCCCCCCCCCOc1ccc(C(=O)Oc2ccc(CCCCC3CCC(CCCCC)CC3)cc2)c(F)c1F. The van der Waals surface area contributed by atoms with Crippen LogP contribution in [0.1, 0.15) is 152 Å². The Kier molecular flexibility index (Phi) is 16.7. The van der Waals surface area contributed by atoms with E-state index in [1.165, 1.54) is 114 Å². The molecular formula is C38H56F2O3.